The van der Waals surface area contributed by atoms with E-state index in [1.807, 2.05) is 0 Å². The van der Waals surface area contributed by atoms with E-state index >= 15 is 0 Å². The van der Waals surface area contributed by atoms with Gasteiger partial charge in [0.15, 0.2) is 0 Å². The predicted molar refractivity (Wildman–Crippen MR) is 124 cm³/mol. The zero-order chi connectivity index (χ0) is 19.0. The summed E-state index contributed by atoms with van der Waals surface area (Å²) in [5.41, 5.74) is 4.57. The van der Waals surface area contributed by atoms with E-state index in [1.54, 1.807) is 3.88 Å². The van der Waals surface area contributed by atoms with Crippen LogP contribution >= 0.6 is 24.8 Å². The third-order valence-electron chi connectivity index (χ3n) is 4.72. The maximum Gasteiger partial charge on any atom is -0.147 e. The number of benzene rings is 1. The Bertz CT molecular complexity index is 697. The fraction of sp³-hybridized carbons (Fsp3) is 0.545. The molecule has 0 unspecified atom stereocenters. The molecule has 1 aromatic rings. The molecule has 1 aromatic carbocycles. The van der Waals surface area contributed by atoms with Crippen LogP contribution in [0.5, 0.6) is 5.75 Å². The second-order valence-electron chi connectivity index (χ2n) is 9.69. The first-order valence-electron chi connectivity index (χ1n) is 9.46. The summed E-state index contributed by atoms with van der Waals surface area (Å²) in [7, 11) is 0. The molecule has 5 heteroatoms. The molecule has 0 atom stereocenters. The molecule has 1 nitrogen and oxygen atoms in total. The SMILES string of the molecule is Cc1cc([O][Ti]([C]2=CC(C(C)(C)C)=CC2)[SiH](C)C)cc(C(C)(C)C)c1.Cl.Cl. The molecule has 0 heterocycles. The van der Waals surface area contributed by atoms with Crippen LogP contribution in [-0.2, 0) is 22.9 Å². The quantitative estimate of drug-likeness (QED) is 0.425. The molecule has 0 N–H and O–H groups in total. The first kappa shape index (κ1) is 27.0. The number of allylic oxidation sites excluding steroid dienone is 4. The van der Waals surface area contributed by atoms with Gasteiger partial charge in [0.2, 0.25) is 0 Å². The molecular formula is C22H37Cl2OSiTi. The fourth-order valence-corrected chi connectivity index (χ4v) is 11.8. The van der Waals surface area contributed by atoms with E-state index in [9.17, 15) is 0 Å². The number of hydrogen-bond acceptors (Lipinski definition) is 1. The Morgan fingerprint density at radius 1 is 0.926 bits per heavy atom. The van der Waals surface area contributed by atoms with Crippen LogP contribution in [0.3, 0.4) is 0 Å². The van der Waals surface area contributed by atoms with Crippen molar-refractivity contribution >= 4 is 31.5 Å². The molecule has 0 radical (unpaired) electrons. The molecule has 0 saturated carbocycles. The second-order valence-corrected chi connectivity index (χ2v) is 22.0. The third kappa shape index (κ3) is 7.40. The van der Waals surface area contributed by atoms with Crippen molar-refractivity contribution in [2.24, 2.45) is 5.41 Å². The molecule has 0 fully saturated rings. The monoisotopic (exact) mass is 463 g/mol. The van der Waals surface area contributed by atoms with Gasteiger partial charge in [-0.25, -0.2) is 0 Å². The van der Waals surface area contributed by atoms with Gasteiger partial charge in [0, 0.05) is 0 Å². The summed E-state index contributed by atoms with van der Waals surface area (Å²) in [6, 6.07) is 6.81. The molecule has 27 heavy (non-hydrogen) atoms. The van der Waals surface area contributed by atoms with Crippen LogP contribution < -0.4 is 3.32 Å². The second kappa shape index (κ2) is 10.2. The minimum absolute atomic E-state index is 0. The summed E-state index contributed by atoms with van der Waals surface area (Å²) in [6.07, 6.45) is 6.02. The zero-order valence-electron chi connectivity index (χ0n) is 18.4. The Hall–Kier alpha value is 0.0112. The number of halogens is 2. The van der Waals surface area contributed by atoms with Crippen molar-refractivity contribution in [3.05, 3.63) is 50.9 Å². The van der Waals surface area contributed by atoms with E-state index in [0.29, 0.717) is 0 Å². The number of aryl methyl sites for hydroxylation is 1. The molecular weight excluding hydrogens is 427 g/mol. The summed E-state index contributed by atoms with van der Waals surface area (Å²) in [4.78, 5) is 0. The first-order valence-corrected chi connectivity index (χ1v) is 16.5. The van der Waals surface area contributed by atoms with Crippen LogP contribution in [0.25, 0.3) is 0 Å². The minimum Gasteiger partial charge on any atom is -0.147 e. The van der Waals surface area contributed by atoms with Gasteiger partial charge in [0.1, 0.15) is 0 Å². The Balaban J connectivity index is 0.00000338. The van der Waals surface area contributed by atoms with E-state index in [2.05, 4.69) is 91.9 Å². The maximum atomic E-state index is 6.76. The maximum absolute atomic E-state index is 6.76. The standard InChI is InChI=1S/C11H16O.C9H13.C2H7Si.2ClH.Ti/c1-8-5-9(11(2,3)4)7-10(12)6-8;1-9(2,3)8-6-4-5-7-8;1-3-2;;;/h5-7,12H,1-4H3;6-7H,4H2,1-3H3;3H,1-2H3;2*1H;/q;;;;;+1/p-1. The average Bonchev–Trinajstić information content (AvgIpc) is 2.92. The first-order chi connectivity index (χ1) is 11.4. The number of hydrogen-bond donors (Lipinski definition) is 0. The molecule has 0 saturated heterocycles. The van der Waals surface area contributed by atoms with Gasteiger partial charge in [0.25, 0.3) is 0 Å². The van der Waals surface area contributed by atoms with Crippen LogP contribution in [0.1, 0.15) is 59.1 Å². The van der Waals surface area contributed by atoms with Crippen LogP contribution in [-0.4, -0.2) is 6.66 Å². The van der Waals surface area contributed by atoms with E-state index < -0.39 is 24.2 Å². The molecule has 153 valence electrons. The van der Waals surface area contributed by atoms with E-state index in [0.717, 1.165) is 12.2 Å². The molecule has 0 amide bonds. The molecule has 0 aromatic heterocycles. The summed E-state index contributed by atoms with van der Waals surface area (Å²) in [5.74, 6) is 1.10. The summed E-state index contributed by atoms with van der Waals surface area (Å²) < 4.78 is 8.39. The predicted octanol–water partition coefficient (Wildman–Crippen LogP) is 7.29. The van der Waals surface area contributed by atoms with Crippen LogP contribution in [0.2, 0.25) is 13.1 Å². The van der Waals surface area contributed by atoms with Crippen molar-refractivity contribution < 1.29 is 20.8 Å². The van der Waals surface area contributed by atoms with Crippen molar-refractivity contribution in [2.45, 2.75) is 73.4 Å². The topological polar surface area (TPSA) is 9.23 Å². The molecule has 1 aliphatic rings. The Morgan fingerprint density at radius 2 is 1.52 bits per heavy atom. The smallest absolute Gasteiger partial charge is 0.147 e. The van der Waals surface area contributed by atoms with Gasteiger partial charge in [-0.05, 0) is 0 Å². The molecule has 0 bridgehead atoms. The summed E-state index contributed by atoms with van der Waals surface area (Å²) in [6.45, 7) is 20.0. The fourth-order valence-electron chi connectivity index (χ4n) is 3.14. The third-order valence-corrected chi connectivity index (χ3v) is 14.9. The van der Waals surface area contributed by atoms with E-state index in [4.69, 9.17) is 3.32 Å². The molecule has 0 aliphatic heterocycles. The van der Waals surface area contributed by atoms with Crippen LogP contribution in [0.15, 0.2) is 39.8 Å². The minimum atomic E-state index is -1.67. The average molecular weight is 464 g/mol. The number of rotatable bonds is 4. The van der Waals surface area contributed by atoms with Crippen LogP contribution in [0, 0.1) is 12.3 Å². The summed E-state index contributed by atoms with van der Waals surface area (Å²) >= 11 is -1.67. The molecule has 0 spiro atoms. The normalized spacial score (nSPS) is 14.1. The Kier molecular flexibility index (Phi) is 10.2. The van der Waals surface area contributed by atoms with E-state index in [1.165, 1.54) is 16.7 Å². The Labute approximate surface area is 187 Å². The van der Waals surface area contributed by atoms with Gasteiger partial charge in [-0.2, -0.15) is 0 Å². The van der Waals surface area contributed by atoms with Crippen LogP contribution in [0.4, 0.5) is 0 Å². The zero-order valence-corrected chi connectivity index (χ0v) is 22.7. The van der Waals surface area contributed by atoms with Gasteiger partial charge < -0.3 is 0 Å². The van der Waals surface area contributed by atoms with Gasteiger partial charge in [-0.15, -0.1) is 24.8 Å². The summed E-state index contributed by atoms with van der Waals surface area (Å²) in [5, 5.41) is 0. The van der Waals surface area contributed by atoms with Crippen molar-refractivity contribution in [1.29, 1.82) is 0 Å². The largest absolute Gasteiger partial charge is 0.147 e. The van der Waals surface area contributed by atoms with Crippen molar-refractivity contribution in [3.63, 3.8) is 0 Å². The van der Waals surface area contributed by atoms with Gasteiger partial charge in [0.05, 0.1) is 0 Å². The van der Waals surface area contributed by atoms with Gasteiger partial charge in [-0.1, -0.05) is 0 Å². The molecule has 1 aliphatic carbocycles. The van der Waals surface area contributed by atoms with Crippen molar-refractivity contribution in [2.75, 3.05) is 0 Å². The molecule has 2 rings (SSSR count). The van der Waals surface area contributed by atoms with Crippen molar-refractivity contribution in [1.82, 2.24) is 0 Å². The van der Waals surface area contributed by atoms with Crippen molar-refractivity contribution in [3.8, 4) is 5.75 Å². The van der Waals surface area contributed by atoms with Gasteiger partial charge >= 0.3 is 163 Å². The Morgan fingerprint density at radius 3 is 1.96 bits per heavy atom. The van der Waals surface area contributed by atoms with Gasteiger partial charge in [-0.3, -0.25) is 0 Å². The van der Waals surface area contributed by atoms with E-state index in [-0.39, 0.29) is 35.6 Å².